The zero-order valence-electron chi connectivity index (χ0n) is 13.6. The molecule has 0 saturated carbocycles. The molecule has 1 aromatic heterocycles. The first kappa shape index (κ1) is 14.7. The highest BCUT2D eigenvalue weighted by Crippen LogP contribution is 2.31. The Labute approximate surface area is 140 Å². The molecule has 0 amide bonds. The van der Waals surface area contributed by atoms with E-state index in [1.54, 1.807) is 0 Å². The van der Waals surface area contributed by atoms with E-state index in [1.807, 2.05) is 42.6 Å². The van der Waals surface area contributed by atoms with Crippen LogP contribution in [0.15, 0.2) is 64.9 Å². The van der Waals surface area contributed by atoms with E-state index in [9.17, 15) is 0 Å². The predicted molar refractivity (Wildman–Crippen MR) is 98.3 cm³/mol. The number of aromatic nitrogens is 1. The van der Waals surface area contributed by atoms with Crippen LogP contribution in [0.5, 0.6) is 0 Å². The first-order valence-corrected chi connectivity index (χ1v) is 8.33. The summed E-state index contributed by atoms with van der Waals surface area (Å²) in [5.41, 5.74) is 5.79. The fourth-order valence-corrected chi connectivity index (χ4v) is 2.94. The number of hydrogen-bond donors (Lipinski definition) is 1. The van der Waals surface area contributed by atoms with Crippen LogP contribution in [0.25, 0.3) is 10.9 Å². The number of para-hydroxylation sites is 2. The number of aliphatic imine (C=N–C) groups is 1. The summed E-state index contributed by atoms with van der Waals surface area (Å²) in [5, 5.41) is 5.56. The SMILES string of the molecule is CCCCO/N=C1/C(c2c[nH]c3ccccc23)=Nc2ccccc21. The molecule has 1 aliphatic rings. The second-order valence-electron chi connectivity index (χ2n) is 5.85. The quantitative estimate of drug-likeness (QED) is 0.532. The van der Waals surface area contributed by atoms with Crippen LogP contribution >= 0.6 is 0 Å². The number of hydrogen-bond acceptors (Lipinski definition) is 3. The lowest BCUT2D eigenvalue weighted by Gasteiger charge is -2.04. The molecule has 2 heterocycles. The Morgan fingerprint density at radius 2 is 1.88 bits per heavy atom. The summed E-state index contributed by atoms with van der Waals surface area (Å²) < 4.78 is 0. The largest absolute Gasteiger partial charge is 0.395 e. The van der Waals surface area contributed by atoms with Crippen LogP contribution in [0, 0.1) is 0 Å². The molecule has 1 aliphatic heterocycles. The van der Waals surface area contributed by atoms with Gasteiger partial charge in [-0.1, -0.05) is 54.9 Å². The third-order valence-electron chi connectivity index (χ3n) is 4.21. The van der Waals surface area contributed by atoms with Gasteiger partial charge in [-0.2, -0.15) is 0 Å². The van der Waals surface area contributed by atoms with Gasteiger partial charge in [0.25, 0.3) is 0 Å². The van der Waals surface area contributed by atoms with E-state index in [4.69, 9.17) is 9.83 Å². The van der Waals surface area contributed by atoms with Crippen LogP contribution in [0.2, 0.25) is 0 Å². The Balaban J connectivity index is 1.78. The smallest absolute Gasteiger partial charge is 0.138 e. The van der Waals surface area contributed by atoms with E-state index < -0.39 is 0 Å². The molecule has 0 unspecified atom stereocenters. The van der Waals surface area contributed by atoms with Crippen LogP contribution in [-0.4, -0.2) is 23.0 Å². The van der Waals surface area contributed by atoms with Crippen molar-refractivity contribution in [2.45, 2.75) is 19.8 Å². The van der Waals surface area contributed by atoms with Gasteiger partial charge >= 0.3 is 0 Å². The minimum atomic E-state index is 0.628. The monoisotopic (exact) mass is 317 g/mol. The fourth-order valence-electron chi connectivity index (χ4n) is 2.94. The highest BCUT2D eigenvalue weighted by atomic mass is 16.6. The van der Waals surface area contributed by atoms with Gasteiger partial charge in [0.15, 0.2) is 0 Å². The minimum absolute atomic E-state index is 0.628. The number of H-pyrrole nitrogens is 1. The maximum absolute atomic E-state index is 5.55. The molecule has 0 saturated heterocycles. The first-order chi connectivity index (χ1) is 11.9. The van der Waals surface area contributed by atoms with Crippen LogP contribution in [0.4, 0.5) is 5.69 Å². The maximum atomic E-state index is 5.55. The molecule has 24 heavy (non-hydrogen) atoms. The summed E-state index contributed by atoms with van der Waals surface area (Å²) in [6, 6.07) is 16.3. The van der Waals surface area contributed by atoms with Gasteiger partial charge in [0.1, 0.15) is 18.0 Å². The summed E-state index contributed by atoms with van der Waals surface area (Å²) >= 11 is 0. The molecule has 0 fully saturated rings. The average molecular weight is 317 g/mol. The zero-order chi connectivity index (χ0) is 16.4. The van der Waals surface area contributed by atoms with Crippen molar-refractivity contribution in [2.24, 2.45) is 10.1 Å². The number of nitrogens with one attached hydrogen (secondary N) is 1. The van der Waals surface area contributed by atoms with Crippen molar-refractivity contribution in [3.8, 4) is 0 Å². The topological polar surface area (TPSA) is 49.7 Å². The van der Waals surface area contributed by atoms with Crippen molar-refractivity contribution >= 4 is 28.0 Å². The third kappa shape index (κ3) is 2.50. The predicted octanol–water partition coefficient (Wildman–Crippen LogP) is 4.82. The lowest BCUT2D eigenvalue weighted by atomic mass is 10.0. The van der Waals surface area contributed by atoms with Crippen LogP contribution in [0.3, 0.4) is 0 Å². The Kier molecular flexibility index (Phi) is 3.87. The van der Waals surface area contributed by atoms with Crippen molar-refractivity contribution in [1.29, 1.82) is 0 Å². The van der Waals surface area contributed by atoms with E-state index in [2.05, 4.69) is 29.2 Å². The van der Waals surface area contributed by atoms with Crippen molar-refractivity contribution in [1.82, 2.24) is 4.98 Å². The molecule has 1 N–H and O–H groups in total. The lowest BCUT2D eigenvalue weighted by molar-refractivity contribution is 0.142. The number of nitrogens with zero attached hydrogens (tertiary/aromatic N) is 2. The van der Waals surface area contributed by atoms with Crippen molar-refractivity contribution in [3.63, 3.8) is 0 Å². The van der Waals surface area contributed by atoms with Crippen LogP contribution < -0.4 is 0 Å². The highest BCUT2D eigenvalue weighted by Gasteiger charge is 2.26. The second-order valence-corrected chi connectivity index (χ2v) is 5.85. The number of fused-ring (bicyclic) bond motifs is 2. The first-order valence-electron chi connectivity index (χ1n) is 8.33. The molecule has 120 valence electrons. The standard InChI is InChI=1S/C20H19N3O/c1-2-3-12-24-23-20-15-9-5-7-11-18(15)22-19(20)16-13-21-17-10-6-4-8-14(16)17/h4-11,13,21H,2-3,12H2,1H3/b23-20+. The van der Waals surface area contributed by atoms with Crippen LogP contribution in [-0.2, 0) is 4.84 Å². The van der Waals surface area contributed by atoms with E-state index in [-0.39, 0.29) is 0 Å². The van der Waals surface area contributed by atoms with Gasteiger partial charge in [-0.3, -0.25) is 0 Å². The average Bonchev–Trinajstić information content (AvgIpc) is 3.20. The molecule has 4 heteroatoms. The van der Waals surface area contributed by atoms with Gasteiger partial charge in [-0.15, -0.1) is 0 Å². The highest BCUT2D eigenvalue weighted by molar-refractivity contribution is 6.58. The molecule has 4 nitrogen and oxygen atoms in total. The summed E-state index contributed by atoms with van der Waals surface area (Å²) in [7, 11) is 0. The number of benzene rings is 2. The Hall–Kier alpha value is -2.88. The van der Waals surface area contributed by atoms with E-state index in [1.165, 1.54) is 0 Å². The molecule has 0 bridgehead atoms. The molecule has 0 aliphatic carbocycles. The molecule has 3 aromatic rings. The number of unbranched alkanes of at least 4 members (excludes halogenated alkanes) is 1. The van der Waals surface area contributed by atoms with Crippen LogP contribution in [0.1, 0.15) is 30.9 Å². The fraction of sp³-hybridized carbons (Fsp3) is 0.200. The molecule has 4 rings (SSSR count). The second kappa shape index (κ2) is 6.32. The molecule has 0 atom stereocenters. The third-order valence-corrected chi connectivity index (χ3v) is 4.21. The van der Waals surface area contributed by atoms with Crippen molar-refractivity contribution in [3.05, 3.63) is 65.9 Å². The Morgan fingerprint density at radius 1 is 1.04 bits per heavy atom. The van der Waals surface area contributed by atoms with Gasteiger partial charge in [0.2, 0.25) is 0 Å². The molecule has 0 spiro atoms. The van der Waals surface area contributed by atoms with Gasteiger partial charge < -0.3 is 9.82 Å². The summed E-state index contributed by atoms with van der Waals surface area (Å²) in [6.45, 7) is 2.77. The normalized spacial score (nSPS) is 14.9. The van der Waals surface area contributed by atoms with Gasteiger partial charge in [0, 0.05) is 28.2 Å². The summed E-state index contributed by atoms with van der Waals surface area (Å²) in [6.07, 6.45) is 4.08. The number of aromatic amines is 1. The van der Waals surface area contributed by atoms with Gasteiger partial charge in [-0.25, -0.2) is 4.99 Å². The molecular weight excluding hydrogens is 298 g/mol. The Bertz CT molecular complexity index is 937. The minimum Gasteiger partial charge on any atom is -0.395 e. The molecular formula is C20H19N3O. The van der Waals surface area contributed by atoms with Crippen molar-refractivity contribution in [2.75, 3.05) is 6.61 Å². The van der Waals surface area contributed by atoms with E-state index in [0.717, 1.165) is 52.0 Å². The van der Waals surface area contributed by atoms with Gasteiger partial charge in [-0.05, 0) is 18.6 Å². The molecule has 0 radical (unpaired) electrons. The lowest BCUT2D eigenvalue weighted by Crippen LogP contribution is -2.13. The van der Waals surface area contributed by atoms with Gasteiger partial charge in [0.05, 0.1) is 5.69 Å². The summed E-state index contributed by atoms with van der Waals surface area (Å²) in [5.74, 6) is 0. The molecule has 2 aromatic carbocycles. The number of oxime groups is 1. The van der Waals surface area contributed by atoms with E-state index >= 15 is 0 Å². The van der Waals surface area contributed by atoms with E-state index in [0.29, 0.717) is 6.61 Å². The summed E-state index contributed by atoms with van der Waals surface area (Å²) in [4.78, 5) is 13.7. The number of rotatable bonds is 5. The van der Waals surface area contributed by atoms with Crippen molar-refractivity contribution < 1.29 is 4.84 Å². The zero-order valence-corrected chi connectivity index (χ0v) is 13.6. The Morgan fingerprint density at radius 3 is 2.79 bits per heavy atom. The maximum Gasteiger partial charge on any atom is 0.138 e.